The molecule has 0 unspecified atom stereocenters. The minimum Gasteiger partial charge on any atom is -0.480 e. The number of hydrogen-bond acceptors (Lipinski definition) is 3. The van der Waals surface area contributed by atoms with Crippen LogP contribution in [0.2, 0.25) is 0 Å². The zero-order valence-electron chi connectivity index (χ0n) is 8.56. The lowest BCUT2D eigenvalue weighted by atomic mass is 10.3. The number of aryl methyl sites for hydroxylation is 2. The van der Waals surface area contributed by atoms with Gasteiger partial charge in [-0.1, -0.05) is 0 Å². The number of hydrogen-bond donors (Lipinski definition) is 1. The van der Waals surface area contributed by atoms with E-state index in [1.165, 1.54) is 10.8 Å². The fourth-order valence-corrected chi connectivity index (χ4v) is 1.30. The van der Waals surface area contributed by atoms with Crippen LogP contribution in [-0.2, 0) is 17.9 Å². The molecule has 0 aliphatic carbocycles. The van der Waals surface area contributed by atoms with E-state index in [0.717, 1.165) is 4.57 Å². The molecule has 0 bridgehead atoms. The van der Waals surface area contributed by atoms with Crippen LogP contribution in [0.5, 0.6) is 0 Å². The Hall–Kier alpha value is -1.85. The summed E-state index contributed by atoms with van der Waals surface area (Å²) in [4.78, 5) is 33.5. The van der Waals surface area contributed by atoms with Crippen LogP contribution in [0.25, 0.3) is 0 Å². The molecule has 0 aromatic carbocycles. The van der Waals surface area contributed by atoms with Gasteiger partial charge >= 0.3 is 11.7 Å². The Morgan fingerprint density at radius 3 is 2.53 bits per heavy atom. The quantitative estimate of drug-likeness (QED) is 0.727. The number of carboxylic acid groups (broad SMARTS) is 1. The van der Waals surface area contributed by atoms with Gasteiger partial charge in [0.15, 0.2) is 0 Å². The second-order valence-electron chi connectivity index (χ2n) is 3.17. The highest BCUT2D eigenvalue weighted by atomic mass is 16.4. The van der Waals surface area contributed by atoms with Crippen LogP contribution >= 0.6 is 0 Å². The van der Waals surface area contributed by atoms with E-state index in [1.54, 1.807) is 13.8 Å². The predicted molar refractivity (Wildman–Crippen MR) is 53.0 cm³/mol. The Balaban J connectivity index is 3.48. The van der Waals surface area contributed by atoms with Gasteiger partial charge in [-0.2, -0.15) is 0 Å². The number of carboxylic acids is 1. The fraction of sp³-hybridized carbons (Fsp3) is 0.444. The lowest BCUT2D eigenvalue weighted by molar-refractivity contribution is -0.137. The molecule has 6 heteroatoms. The van der Waals surface area contributed by atoms with Gasteiger partial charge in [0, 0.05) is 18.3 Å². The van der Waals surface area contributed by atoms with Crippen molar-refractivity contribution in [3.63, 3.8) is 0 Å². The summed E-state index contributed by atoms with van der Waals surface area (Å²) in [7, 11) is 0. The molecule has 82 valence electrons. The van der Waals surface area contributed by atoms with Crippen LogP contribution in [0.1, 0.15) is 12.5 Å². The molecule has 0 aliphatic heterocycles. The van der Waals surface area contributed by atoms with Crippen molar-refractivity contribution < 1.29 is 9.90 Å². The molecule has 0 radical (unpaired) electrons. The van der Waals surface area contributed by atoms with E-state index in [0.29, 0.717) is 12.1 Å². The van der Waals surface area contributed by atoms with Crippen molar-refractivity contribution in [2.45, 2.75) is 26.9 Å². The van der Waals surface area contributed by atoms with E-state index in [2.05, 4.69) is 0 Å². The highest BCUT2D eigenvalue weighted by Gasteiger charge is 2.10. The monoisotopic (exact) mass is 212 g/mol. The summed E-state index contributed by atoms with van der Waals surface area (Å²) in [5, 5.41) is 8.56. The van der Waals surface area contributed by atoms with Crippen molar-refractivity contribution in [3.8, 4) is 0 Å². The minimum absolute atomic E-state index is 0.359. The molecule has 0 atom stereocenters. The van der Waals surface area contributed by atoms with Gasteiger partial charge < -0.3 is 9.67 Å². The minimum atomic E-state index is -1.21. The van der Waals surface area contributed by atoms with Gasteiger partial charge in [0.05, 0.1) is 0 Å². The van der Waals surface area contributed by atoms with E-state index in [1.807, 2.05) is 0 Å². The normalized spacial score (nSPS) is 10.3. The Bertz CT molecular complexity index is 498. The molecule has 0 fully saturated rings. The molecular weight excluding hydrogens is 200 g/mol. The number of carbonyl (C=O) groups is 1. The maximum absolute atomic E-state index is 11.6. The zero-order chi connectivity index (χ0) is 11.6. The molecule has 0 saturated carbocycles. The molecule has 15 heavy (non-hydrogen) atoms. The first-order valence-corrected chi connectivity index (χ1v) is 4.50. The molecule has 1 N–H and O–H groups in total. The standard InChI is InChI=1S/C9H12N2O4/c1-3-10-4-6(2)8(14)11(9(10)15)5-7(12)13/h4H,3,5H2,1-2H3,(H,12,13). The Morgan fingerprint density at radius 2 is 2.07 bits per heavy atom. The summed E-state index contributed by atoms with van der Waals surface area (Å²) in [5.41, 5.74) is -0.777. The van der Waals surface area contributed by atoms with Gasteiger partial charge in [-0.05, 0) is 13.8 Å². The molecule has 0 amide bonds. The Morgan fingerprint density at radius 1 is 1.47 bits per heavy atom. The van der Waals surface area contributed by atoms with Gasteiger partial charge in [0.2, 0.25) is 0 Å². The van der Waals surface area contributed by atoms with Crippen LogP contribution in [0.3, 0.4) is 0 Å². The van der Waals surface area contributed by atoms with E-state index in [9.17, 15) is 14.4 Å². The second kappa shape index (κ2) is 4.12. The third-order valence-electron chi connectivity index (χ3n) is 2.04. The van der Waals surface area contributed by atoms with E-state index < -0.39 is 23.8 Å². The molecular formula is C9H12N2O4. The van der Waals surface area contributed by atoms with Crippen LogP contribution in [-0.4, -0.2) is 20.2 Å². The van der Waals surface area contributed by atoms with Gasteiger partial charge in [-0.3, -0.25) is 9.59 Å². The lowest BCUT2D eigenvalue weighted by Crippen LogP contribution is -2.42. The van der Waals surface area contributed by atoms with Gasteiger partial charge in [0.1, 0.15) is 6.54 Å². The number of aliphatic carboxylic acids is 1. The number of aromatic nitrogens is 2. The van der Waals surface area contributed by atoms with E-state index in [4.69, 9.17) is 5.11 Å². The largest absolute Gasteiger partial charge is 0.480 e. The highest BCUT2D eigenvalue weighted by molar-refractivity contribution is 5.66. The number of rotatable bonds is 3. The van der Waals surface area contributed by atoms with Crippen molar-refractivity contribution in [2.24, 2.45) is 0 Å². The molecule has 0 spiro atoms. The smallest absolute Gasteiger partial charge is 0.331 e. The number of nitrogens with zero attached hydrogens (tertiary/aromatic N) is 2. The molecule has 0 saturated heterocycles. The Kier molecular flexibility index (Phi) is 3.08. The highest BCUT2D eigenvalue weighted by Crippen LogP contribution is 1.86. The van der Waals surface area contributed by atoms with Crippen LogP contribution < -0.4 is 11.2 Å². The van der Waals surface area contributed by atoms with Gasteiger partial charge in [0.25, 0.3) is 5.56 Å². The first-order valence-electron chi connectivity index (χ1n) is 4.50. The summed E-state index contributed by atoms with van der Waals surface area (Å²) in [5.74, 6) is -1.21. The van der Waals surface area contributed by atoms with Crippen molar-refractivity contribution in [2.75, 3.05) is 0 Å². The zero-order valence-corrected chi connectivity index (χ0v) is 8.56. The third kappa shape index (κ3) is 2.15. The maximum Gasteiger partial charge on any atom is 0.331 e. The molecule has 1 heterocycles. The maximum atomic E-state index is 11.6. The third-order valence-corrected chi connectivity index (χ3v) is 2.04. The van der Waals surface area contributed by atoms with Gasteiger partial charge in [-0.25, -0.2) is 9.36 Å². The van der Waals surface area contributed by atoms with Crippen LogP contribution in [0.15, 0.2) is 15.8 Å². The van der Waals surface area contributed by atoms with Crippen molar-refractivity contribution in [1.82, 2.24) is 9.13 Å². The van der Waals surface area contributed by atoms with Gasteiger partial charge in [-0.15, -0.1) is 0 Å². The summed E-state index contributed by atoms with van der Waals surface area (Å²) < 4.78 is 2.03. The summed E-state index contributed by atoms with van der Waals surface area (Å²) in [6.45, 7) is 3.10. The molecule has 1 aromatic rings. The van der Waals surface area contributed by atoms with Crippen LogP contribution in [0.4, 0.5) is 0 Å². The SMILES string of the molecule is CCn1cc(C)c(=O)n(CC(=O)O)c1=O. The van der Waals surface area contributed by atoms with Crippen molar-refractivity contribution in [3.05, 3.63) is 32.6 Å². The first-order chi connectivity index (χ1) is 6.97. The second-order valence-corrected chi connectivity index (χ2v) is 3.17. The Labute approximate surface area is 85.4 Å². The molecule has 0 aliphatic rings. The summed E-state index contributed by atoms with van der Waals surface area (Å²) in [6.07, 6.45) is 1.43. The van der Waals surface area contributed by atoms with Crippen molar-refractivity contribution in [1.29, 1.82) is 0 Å². The van der Waals surface area contributed by atoms with E-state index in [-0.39, 0.29) is 0 Å². The molecule has 1 aromatic heterocycles. The predicted octanol–water partition coefficient (Wildman–Crippen LogP) is -0.577. The fourth-order valence-electron chi connectivity index (χ4n) is 1.30. The topological polar surface area (TPSA) is 81.3 Å². The average Bonchev–Trinajstić information content (AvgIpc) is 2.18. The summed E-state index contributed by atoms with van der Waals surface area (Å²) >= 11 is 0. The van der Waals surface area contributed by atoms with Crippen molar-refractivity contribution >= 4 is 5.97 Å². The average molecular weight is 212 g/mol. The van der Waals surface area contributed by atoms with E-state index >= 15 is 0 Å². The molecule has 6 nitrogen and oxygen atoms in total. The first kappa shape index (κ1) is 11.2. The summed E-state index contributed by atoms with van der Waals surface area (Å²) in [6, 6.07) is 0. The lowest BCUT2D eigenvalue weighted by Gasteiger charge is -2.07. The molecule has 1 rings (SSSR count). The van der Waals surface area contributed by atoms with Crippen LogP contribution in [0, 0.1) is 6.92 Å².